The van der Waals surface area contributed by atoms with Gasteiger partial charge in [-0.25, -0.2) is 0 Å². The van der Waals surface area contributed by atoms with Gasteiger partial charge in [-0.1, -0.05) is 11.6 Å². The lowest BCUT2D eigenvalue weighted by Crippen LogP contribution is -2.18. The van der Waals surface area contributed by atoms with Crippen LogP contribution in [-0.4, -0.2) is 10.5 Å². The molecular weight excluding hydrogens is 316 g/mol. The highest BCUT2D eigenvalue weighted by molar-refractivity contribution is 7.17. The van der Waals surface area contributed by atoms with Crippen LogP contribution in [-0.2, 0) is 0 Å². The Kier molecular flexibility index (Phi) is 3.98. The van der Waals surface area contributed by atoms with Gasteiger partial charge in [-0.3, -0.25) is 4.79 Å². The van der Waals surface area contributed by atoms with Crippen molar-refractivity contribution in [3.05, 3.63) is 52.0 Å². The number of benzene rings is 1. The van der Waals surface area contributed by atoms with Crippen molar-refractivity contribution in [3.63, 3.8) is 0 Å². The van der Waals surface area contributed by atoms with Crippen molar-refractivity contribution in [2.45, 2.75) is 26.8 Å². The van der Waals surface area contributed by atoms with Gasteiger partial charge < -0.3 is 9.88 Å². The third-order valence-corrected chi connectivity index (χ3v) is 4.73. The number of aromatic nitrogens is 1. The summed E-state index contributed by atoms with van der Waals surface area (Å²) in [4.78, 5) is 12.7. The minimum atomic E-state index is -0.0949. The Morgan fingerprint density at radius 1 is 1.27 bits per heavy atom. The van der Waals surface area contributed by atoms with E-state index in [0.717, 1.165) is 21.5 Å². The molecule has 5 heteroatoms. The number of nitrogens with zero attached hydrogens (tertiary/aromatic N) is 1. The Hall–Kier alpha value is -1.78. The van der Waals surface area contributed by atoms with Crippen LogP contribution in [0.15, 0.2) is 35.7 Å². The van der Waals surface area contributed by atoms with Gasteiger partial charge in [0.2, 0.25) is 0 Å². The Labute approximate surface area is 138 Å². The van der Waals surface area contributed by atoms with Crippen LogP contribution in [0, 0.1) is 6.92 Å². The molecule has 0 saturated heterocycles. The van der Waals surface area contributed by atoms with E-state index in [1.165, 1.54) is 0 Å². The van der Waals surface area contributed by atoms with E-state index in [1.54, 1.807) is 17.4 Å². The van der Waals surface area contributed by atoms with E-state index >= 15 is 0 Å². The van der Waals surface area contributed by atoms with Crippen LogP contribution in [0.3, 0.4) is 0 Å². The summed E-state index contributed by atoms with van der Waals surface area (Å²) in [7, 11) is 0. The minimum Gasteiger partial charge on any atom is -0.333 e. The molecule has 114 valence electrons. The topological polar surface area (TPSA) is 34.0 Å². The van der Waals surface area contributed by atoms with Crippen LogP contribution >= 0.6 is 22.9 Å². The monoisotopic (exact) mass is 332 g/mol. The second kappa shape index (κ2) is 5.78. The average molecular weight is 333 g/mol. The molecule has 0 aliphatic rings. The molecule has 1 aromatic carbocycles. The molecule has 0 atom stereocenters. The van der Waals surface area contributed by atoms with Crippen LogP contribution in [0.4, 0.5) is 5.69 Å². The van der Waals surface area contributed by atoms with E-state index in [1.807, 2.05) is 25.1 Å². The summed E-state index contributed by atoms with van der Waals surface area (Å²) in [5, 5.41) is 5.70. The molecule has 2 heterocycles. The standard InChI is InChI=1S/C17H17ClN2OS/c1-10(2)20-14-6-7-22-16(14)9-15(20)17(21)19-13-5-4-12(18)8-11(13)3/h4-10H,1-3H3,(H,19,21). The number of fused-ring (bicyclic) bond motifs is 1. The van der Waals surface area contributed by atoms with Gasteiger partial charge in [0, 0.05) is 16.8 Å². The largest absolute Gasteiger partial charge is 0.333 e. The molecule has 0 aliphatic carbocycles. The maximum atomic E-state index is 12.7. The predicted octanol–water partition coefficient (Wildman–Crippen LogP) is 5.50. The first kappa shape index (κ1) is 15.1. The Morgan fingerprint density at radius 3 is 2.73 bits per heavy atom. The van der Waals surface area contributed by atoms with Gasteiger partial charge in [-0.15, -0.1) is 11.3 Å². The molecule has 0 unspecified atom stereocenters. The number of rotatable bonds is 3. The summed E-state index contributed by atoms with van der Waals surface area (Å²) in [6.45, 7) is 6.10. The van der Waals surface area contributed by atoms with Crippen molar-refractivity contribution >= 4 is 44.7 Å². The molecule has 3 rings (SSSR count). The highest BCUT2D eigenvalue weighted by Crippen LogP contribution is 2.29. The predicted molar refractivity (Wildman–Crippen MR) is 94.3 cm³/mol. The van der Waals surface area contributed by atoms with E-state index in [-0.39, 0.29) is 11.9 Å². The SMILES string of the molecule is Cc1cc(Cl)ccc1NC(=O)c1cc2sccc2n1C(C)C. The van der Waals surface area contributed by atoms with Crippen LogP contribution in [0.2, 0.25) is 5.02 Å². The number of carbonyl (C=O) groups excluding carboxylic acids is 1. The summed E-state index contributed by atoms with van der Waals surface area (Å²) in [6, 6.07) is 9.70. The number of halogens is 1. The molecule has 0 aliphatic heterocycles. The molecular formula is C17H17ClN2OS. The lowest BCUT2D eigenvalue weighted by Gasteiger charge is -2.15. The summed E-state index contributed by atoms with van der Waals surface area (Å²) < 4.78 is 3.21. The molecule has 2 aromatic heterocycles. The molecule has 3 aromatic rings. The second-order valence-corrected chi connectivity index (χ2v) is 6.96. The van der Waals surface area contributed by atoms with Crippen LogP contribution in [0.25, 0.3) is 10.2 Å². The number of aryl methyl sites for hydroxylation is 1. The normalized spacial score (nSPS) is 11.3. The number of hydrogen-bond donors (Lipinski definition) is 1. The number of carbonyl (C=O) groups is 1. The van der Waals surface area contributed by atoms with Gasteiger partial charge in [-0.2, -0.15) is 0 Å². The summed E-state index contributed by atoms with van der Waals surface area (Å²) in [5.41, 5.74) is 3.53. The highest BCUT2D eigenvalue weighted by atomic mass is 35.5. The molecule has 0 radical (unpaired) electrons. The van der Waals surface area contributed by atoms with E-state index in [9.17, 15) is 4.79 Å². The van der Waals surface area contributed by atoms with E-state index in [0.29, 0.717) is 10.7 Å². The maximum absolute atomic E-state index is 12.7. The van der Waals surface area contributed by atoms with Crippen molar-refractivity contribution < 1.29 is 4.79 Å². The lowest BCUT2D eigenvalue weighted by molar-refractivity contribution is 0.101. The fraction of sp³-hybridized carbons (Fsp3) is 0.235. The molecule has 0 bridgehead atoms. The van der Waals surface area contributed by atoms with Crippen molar-refractivity contribution in [1.82, 2.24) is 4.57 Å². The van der Waals surface area contributed by atoms with Gasteiger partial charge in [0.25, 0.3) is 5.91 Å². The zero-order chi connectivity index (χ0) is 15.9. The van der Waals surface area contributed by atoms with Crippen molar-refractivity contribution in [2.75, 3.05) is 5.32 Å². The van der Waals surface area contributed by atoms with Crippen molar-refractivity contribution in [3.8, 4) is 0 Å². The highest BCUT2D eigenvalue weighted by Gasteiger charge is 2.18. The number of nitrogens with one attached hydrogen (secondary N) is 1. The summed E-state index contributed by atoms with van der Waals surface area (Å²) >= 11 is 7.61. The number of amides is 1. The van der Waals surface area contributed by atoms with Gasteiger partial charge in [-0.05, 0) is 62.0 Å². The number of hydrogen-bond acceptors (Lipinski definition) is 2. The molecule has 0 spiro atoms. The molecule has 0 saturated carbocycles. The van der Waals surface area contributed by atoms with Crippen LogP contribution in [0.1, 0.15) is 35.9 Å². The number of thiophene rings is 1. The zero-order valence-corrected chi connectivity index (χ0v) is 14.3. The first-order chi connectivity index (χ1) is 10.5. The maximum Gasteiger partial charge on any atom is 0.272 e. The molecule has 22 heavy (non-hydrogen) atoms. The second-order valence-electron chi connectivity index (χ2n) is 5.58. The van der Waals surface area contributed by atoms with E-state index in [4.69, 9.17) is 11.6 Å². The minimum absolute atomic E-state index is 0.0949. The third-order valence-electron chi connectivity index (χ3n) is 3.65. The van der Waals surface area contributed by atoms with E-state index < -0.39 is 0 Å². The molecule has 3 nitrogen and oxygen atoms in total. The smallest absolute Gasteiger partial charge is 0.272 e. The summed E-state index contributed by atoms with van der Waals surface area (Å²) in [5.74, 6) is -0.0949. The summed E-state index contributed by atoms with van der Waals surface area (Å²) in [6.07, 6.45) is 0. The zero-order valence-electron chi connectivity index (χ0n) is 12.7. The first-order valence-electron chi connectivity index (χ1n) is 7.13. The average Bonchev–Trinajstić information content (AvgIpc) is 3.01. The molecule has 0 fully saturated rings. The van der Waals surface area contributed by atoms with Crippen LogP contribution in [0.5, 0.6) is 0 Å². The fourth-order valence-electron chi connectivity index (χ4n) is 2.63. The lowest BCUT2D eigenvalue weighted by atomic mass is 10.2. The Balaban J connectivity index is 1.98. The van der Waals surface area contributed by atoms with Gasteiger partial charge >= 0.3 is 0 Å². The number of anilines is 1. The quantitative estimate of drug-likeness (QED) is 0.675. The van der Waals surface area contributed by atoms with Gasteiger partial charge in [0.15, 0.2) is 0 Å². The molecule has 1 amide bonds. The van der Waals surface area contributed by atoms with Crippen molar-refractivity contribution in [1.29, 1.82) is 0 Å². The van der Waals surface area contributed by atoms with E-state index in [2.05, 4.69) is 35.2 Å². The Bertz CT molecular complexity index is 848. The first-order valence-corrected chi connectivity index (χ1v) is 8.39. The fourth-order valence-corrected chi connectivity index (χ4v) is 3.67. The Morgan fingerprint density at radius 2 is 2.05 bits per heavy atom. The molecule has 1 N–H and O–H groups in total. The third kappa shape index (κ3) is 2.64. The van der Waals surface area contributed by atoms with Gasteiger partial charge in [0.05, 0.1) is 10.2 Å². The van der Waals surface area contributed by atoms with Crippen LogP contribution < -0.4 is 5.32 Å². The van der Waals surface area contributed by atoms with Gasteiger partial charge in [0.1, 0.15) is 5.69 Å². The van der Waals surface area contributed by atoms with Crippen molar-refractivity contribution in [2.24, 2.45) is 0 Å².